The van der Waals surface area contributed by atoms with Gasteiger partial charge in [-0.1, -0.05) is 50.6 Å². The third-order valence-electron chi connectivity index (χ3n) is 2.04. The van der Waals surface area contributed by atoms with Crippen molar-refractivity contribution in [2.75, 3.05) is 0 Å². The Labute approximate surface area is 83.0 Å². The van der Waals surface area contributed by atoms with Crippen LogP contribution in [0.5, 0.6) is 0 Å². The molecule has 0 N–H and O–H groups in total. The molecule has 13 heavy (non-hydrogen) atoms. The van der Waals surface area contributed by atoms with Crippen LogP contribution in [0, 0.1) is 5.92 Å². The molecular weight excluding hydrogens is 156 g/mol. The van der Waals surface area contributed by atoms with Gasteiger partial charge in [-0.15, -0.1) is 6.58 Å². The summed E-state index contributed by atoms with van der Waals surface area (Å²) >= 11 is 0. The SMILES string of the molecule is C=C/C=C(\CC=C)CCCC(C)C. The van der Waals surface area contributed by atoms with Crippen molar-refractivity contribution in [3.8, 4) is 0 Å². The van der Waals surface area contributed by atoms with Crippen molar-refractivity contribution in [3.05, 3.63) is 37.0 Å². The zero-order chi connectivity index (χ0) is 10.1. The standard InChI is InChI=1S/C13H22/c1-5-8-13(9-6-2)11-7-10-12(3)4/h5-6,8,12H,1-2,7,9-11H2,3-4H3/b13-8+. The second kappa shape index (κ2) is 7.85. The van der Waals surface area contributed by atoms with Crippen LogP contribution in [-0.2, 0) is 0 Å². The van der Waals surface area contributed by atoms with E-state index in [1.807, 2.05) is 12.2 Å². The Bertz CT molecular complexity index is 172. The minimum atomic E-state index is 0.814. The van der Waals surface area contributed by atoms with E-state index in [1.54, 1.807) is 0 Å². The Hall–Kier alpha value is -0.780. The topological polar surface area (TPSA) is 0 Å². The molecule has 0 radical (unpaired) electrons. The summed E-state index contributed by atoms with van der Waals surface area (Å²) in [4.78, 5) is 0. The normalized spacial score (nSPS) is 11.8. The van der Waals surface area contributed by atoms with Gasteiger partial charge in [-0.05, 0) is 25.2 Å². The van der Waals surface area contributed by atoms with E-state index in [4.69, 9.17) is 0 Å². The van der Waals surface area contributed by atoms with Gasteiger partial charge in [0, 0.05) is 0 Å². The molecule has 0 amide bonds. The van der Waals surface area contributed by atoms with Crippen molar-refractivity contribution >= 4 is 0 Å². The number of allylic oxidation sites excluding steroid dienone is 4. The van der Waals surface area contributed by atoms with E-state index < -0.39 is 0 Å². The Morgan fingerprint density at radius 2 is 2.00 bits per heavy atom. The molecule has 74 valence electrons. The van der Waals surface area contributed by atoms with Crippen molar-refractivity contribution in [1.29, 1.82) is 0 Å². The first-order valence-electron chi connectivity index (χ1n) is 5.12. The lowest BCUT2D eigenvalue weighted by molar-refractivity contribution is 0.553. The molecule has 0 unspecified atom stereocenters. The van der Waals surface area contributed by atoms with Crippen molar-refractivity contribution in [2.45, 2.75) is 39.5 Å². The van der Waals surface area contributed by atoms with Crippen molar-refractivity contribution in [3.63, 3.8) is 0 Å². The van der Waals surface area contributed by atoms with E-state index in [9.17, 15) is 0 Å². The lowest BCUT2D eigenvalue weighted by atomic mass is 10.0. The van der Waals surface area contributed by atoms with Gasteiger partial charge in [0.15, 0.2) is 0 Å². The lowest BCUT2D eigenvalue weighted by Gasteiger charge is -2.06. The summed E-state index contributed by atoms with van der Waals surface area (Å²) in [6, 6.07) is 0. The number of rotatable bonds is 7. The molecule has 0 aromatic heterocycles. The van der Waals surface area contributed by atoms with Crippen LogP contribution in [0.25, 0.3) is 0 Å². The van der Waals surface area contributed by atoms with E-state index in [2.05, 4.69) is 33.1 Å². The molecule has 0 aliphatic carbocycles. The zero-order valence-electron chi connectivity index (χ0n) is 9.05. The van der Waals surface area contributed by atoms with Gasteiger partial charge in [0.2, 0.25) is 0 Å². The molecule has 0 bridgehead atoms. The first-order chi connectivity index (χ1) is 6.20. The molecule has 0 aromatic carbocycles. The van der Waals surface area contributed by atoms with Gasteiger partial charge in [-0.3, -0.25) is 0 Å². The number of hydrogen-bond donors (Lipinski definition) is 0. The van der Waals surface area contributed by atoms with Crippen LogP contribution >= 0.6 is 0 Å². The van der Waals surface area contributed by atoms with E-state index in [0.717, 1.165) is 12.3 Å². The summed E-state index contributed by atoms with van der Waals surface area (Å²) in [6.07, 6.45) is 10.7. The second-order valence-electron chi connectivity index (χ2n) is 3.84. The van der Waals surface area contributed by atoms with E-state index >= 15 is 0 Å². The van der Waals surface area contributed by atoms with Crippen molar-refractivity contribution in [2.24, 2.45) is 5.92 Å². The van der Waals surface area contributed by atoms with E-state index in [-0.39, 0.29) is 0 Å². The molecule has 0 nitrogen and oxygen atoms in total. The fourth-order valence-electron chi connectivity index (χ4n) is 1.34. The summed E-state index contributed by atoms with van der Waals surface area (Å²) in [5.41, 5.74) is 1.45. The highest BCUT2D eigenvalue weighted by Crippen LogP contribution is 2.15. The monoisotopic (exact) mass is 178 g/mol. The lowest BCUT2D eigenvalue weighted by Crippen LogP contribution is -1.89. The smallest absolute Gasteiger partial charge is 0.0138 e. The van der Waals surface area contributed by atoms with Gasteiger partial charge in [-0.25, -0.2) is 0 Å². The molecule has 0 heterocycles. The molecular formula is C13H22. The molecule has 0 aliphatic rings. The molecule has 0 fully saturated rings. The summed E-state index contributed by atoms with van der Waals surface area (Å²) in [6.45, 7) is 12.0. The summed E-state index contributed by atoms with van der Waals surface area (Å²) in [5.74, 6) is 0.814. The summed E-state index contributed by atoms with van der Waals surface area (Å²) in [5, 5.41) is 0. The molecule has 0 saturated carbocycles. The minimum absolute atomic E-state index is 0.814. The maximum absolute atomic E-state index is 3.75. The van der Waals surface area contributed by atoms with Gasteiger partial charge >= 0.3 is 0 Å². The molecule has 0 spiro atoms. The average molecular weight is 178 g/mol. The van der Waals surface area contributed by atoms with E-state index in [1.165, 1.54) is 24.8 Å². The highest BCUT2D eigenvalue weighted by Gasteiger charge is 1.97. The maximum atomic E-state index is 3.75. The van der Waals surface area contributed by atoms with Crippen LogP contribution in [0.2, 0.25) is 0 Å². The fourth-order valence-corrected chi connectivity index (χ4v) is 1.34. The van der Waals surface area contributed by atoms with Gasteiger partial charge in [0.25, 0.3) is 0 Å². The Kier molecular flexibility index (Phi) is 7.38. The second-order valence-corrected chi connectivity index (χ2v) is 3.84. The summed E-state index contributed by atoms with van der Waals surface area (Å²) in [7, 11) is 0. The zero-order valence-corrected chi connectivity index (χ0v) is 9.05. The Balaban J connectivity index is 3.75. The Morgan fingerprint density at radius 3 is 2.46 bits per heavy atom. The van der Waals surface area contributed by atoms with Gasteiger partial charge in [0.1, 0.15) is 0 Å². The minimum Gasteiger partial charge on any atom is -0.103 e. The quantitative estimate of drug-likeness (QED) is 0.397. The van der Waals surface area contributed by atoms with Crippen LogP contribution < -0.4 is 0 Å². The van der Waals surface area contributed by atoms with Crippen LogP contribution in [0.3, 0.4) is 0 Å². The van der Waals surface area contributed by atoms with Crippen LogP contribution in [0.1, 0.15) is 39.5 Å². The Morgan fingerprint density at radius 1 is 1.31 bits per heavy atom. The first kappa shape index (κ1) is 12.2. The predicted octanol–water partition coefficient (Wildman–Crippen LogP) is 4.50. The third kappa shape index (κ3) is 7.58. The van der Waals surface area contributed by atoms with Crippen LogP contribution in [0.4, 0.5) is 0 Å². The largest absolute Gasteiger partial charge is 0.103 e. The third-order valence-corrected chi connectivity index (χ3v) is 2.04. The molecule has 0 atom stereocenters. The highest BCUT2D eigenvalue weighted by atomic mass is 14.0. The van der Waals surface area contributed by atoms with Gasteiger partial charge < -0.3 is 0 Å². The first-order valence-corrected chi connectivity index (χ1v) is 5.12. The number of hydrogen-bond acceptors (Lipinski definition) is 0. The van der Waals surface area contributed by atoms with Gasteiger partial charge in [0.05, 0.1) is 0 Å². The molecule has 0 rings (SSSR count). The maximum Gasteiger partial charge on any atom is -0.0138 e. The van der Waals surface area contributed by atoms with Crippen LogP contribution in [0.15, 0.2) is 37.0 Å². The highest BCUT2D eigenvalue weighted by molar-refractivity contribution is 5.12. The molecule has 0 saturated heterocycles. The summed E-state index contributed by atoms with van der Waals surface area (Å²) < 4.78 is 0. The average Bonchev–Trinajstić information content (AvgIpc) is 2.04. The molecule has 0 aliphatic heterocycles. The molecule has 0 aromatic rings. The van der Waals surface area contributed by atoms with Crippen LogP contribution in [-0.4, -0.2) is 0 Å². The van der Waals surface area contributed by atoms with Crippen molar-refractivity contribution < 1.29 is 0 Å². The molecule has 0 heteroatoms. The van der Waals surface area contributed by atoms with Crippen molar-refractivity contribution in [1.82, 2.24) is 0 Å². The predicted molar refractivity (Wildman–Crippen MR) is 61.8 cm³/mol. The van der Waals surface area contributed by atoms with E-state index in [0.29, 0.717) is 0 Å². The fraction of sp³-hybridized carbons (Fsp3) is 0.538. The van der Waals surface area contributed by atoms with Gasteiger partial charge in [-0.2, -0.15) is 0 Å².